The number of hydrogen-bond donors (Lipinski definition) is 1. The summed E-state index contributed by atoms with van der Waals surface area (Å²) in [7, 11) is 1.55. The van der Waals surface area contributed by atoms with E-state index in [1.807, 2.05) is 25.1 Å². The molecule has 0 aliphatic carbocycles. The van der Waals surface area contributed by atoms with E-state index >= 15 is 0 Å². The minimum atomic E-state index is -0.853. The van der Waals surface area contributed by atoms with Gasteiger partial charge in [0.2, 0.25) is 0 Å². The molecule has 0 saturated heterocycles. The summed E-state index contributed by atoms with van der Waals surface area (Å²) in [5.74, 6) is 1.30. The number of para-hydroxylation sites is 1. The van der Waals surface area contributed by atoms with Crippen LogP contribution >= 0.6 is 11.3 Å². The van der Waals surface area contributed by atoms with Crippen molar-refractivity contribution in [1.82, 2.24) is 14.1 Å². The van der Waals surface area contributed by atoms with Crippen molar-refractivity contribution in [1.29, 1.82) is 0 Å². The monoisotopic (exact) mass is 467 g/mol. The van der Waals surface area contributed by atoms with E-state index in [0.717, 1.165) is 14.0 Å². The molecule has 0 spiro atoms. The molecule has 1 N–H and O–H groups in total. The van der Waals surface area contributed by atoms with Crippen molar-refractivity contribution >= 4 is 11.3 Å². The quantitative estimate of drug-likeness (QED) is 0.400. The summed E-state index contributed by atoms with van der Waals surface area (Å²) in [5, 5.41) is 0.410. The molecule has 0 fully saturated rings. The Morgan fingerprint density at radius 2 is 1.64 bits per heavy atom. The van der Waals surface area contributed by atoms with Crippen LogP contribution in [-0.2, 0) is 4.74 Å². The van der Waals surface area contributed by atoms with Gasteiger partial charge in [-0.15, -0.1) is 11.3 Å². The molecule has 0 unspecified atom stereocenters. The summed E-state index contributed by atoms with van der Waals surface area (Å²) in [5.41, 5.74) is -2.22. The lowest BCUT2D eigenvalue weighted by molar-refractivity contribution is 0.144. The molecule has 0 atom stereocenters. The Morgan fingerprint density at radius 1 is 0.879 bits per heavy atom. The minimum Gasteiger partial charge on any atom is -0.487 e. The minimum absolute atomic E-state index is 0.219. The lowest BCUT2D eigenvalue weighted by Gasteiger charge is -2.15. The van der Waals surface area contributed by atoms with E-state index < -0.39 is 17.1 Å². The number of hydrogen-bond acceptors (Lipinski definition) is 7. The molecule has 9 nitrogen and oxygen atoms in total. The molecule has 33 heavy (non-hydrogen) atoms. The molecule has 0 aliphatic heterocycles. The van der Waals surface area contributed by atoms with Gasteiger partial charge in [0.05, 0.1) is 12.3 Å². The maximum atomic E-state index is 13.2. The van der Waals surface area contributed by atoms with E-state index in [4.69, 9.17) is 14.2 Å². The summed E-state index contributed by atoms with van der Waals surface area (Å²) in [6.07, 6.45) is 0. The fourth-order valence-electron chi connectivity index (χ4n) is 3.12. The van der Waals surface area contributed by atoms with Gasteiger partial charge in [0.15, 0.2) is 11.5 Å². The van der Waals surface area contributed by atoms with Crippen molar-refractivity contribution in [3.05, 3.63) is 97.0 Å². The van der Waals surface area contributed by atoms with Crippen molar-refractivity contribution in [2.75, 3.05) is 20.3 Å². The van der Waals surface area contributed by atoms with Gasteiger partial charge in [0, 0.05) is 18.1 Å². The Balaban J connectivity index is 1.82. The van der Waals surface area contributed by atoms with E-state index in [0.29, 0.717) is 28.9 Å². The number of rotatable bonds is 8. The van der Waals surface area contributed by atoms with Gasteiger partial charge in [-0.05, 0) is 43.3 Å². The zero-order valence-corrected chi connectivity index (χ0v) is 18.8. The third kappa shape index (κ3) is 4.81. The molecule has 2 aromatic carbocycles. The van der Waals surface area contributed by atoms with E-state index in [1.54, 1.807) is 43.5 Å². The average molecular weight is 468 g/mol. The molecule has 4 aromatic rings. The second-order valence-corrected chi connectivity index (χ2v) is 8.23. The van der Waals surface area contributed by atoms with Gasteiger partial charge >= 0.3 is 17.1 Å². The highest BCUT2D eigenvalue weighted by atomic mass is 32.1. The third-order valence-electron chi connectivity index (χ3n) is 4.65. The lowest BCUT2D eigenvalue weighted by Crippen LogP contribution is -2.47. The van der Waals surface area contributed by atoms with Crippen LogP contribution in [0.15, 0.2) is 75.0 Å². The third-order valence-corrected chi connectivity index (χ3v) is 5.64. The molecular formula is C23H21N3O6S. The van der Waals surface area contributed by atoms with Crippen LogP contribution in [0.2, 0.25) is 0 Å². The lowest BCUT2D eigenvalue weighted by atomic mass is 10.2. The van der Waals surface area contributed by atoms with Gasteiger partial charge < -0.3 is 14.2 Å². The summed E-state index contributed by atoms with van der Waals surface area (Å²) >= 11 is 1.27. The Bertz CT molecular complexity index is 1440. The second kappa shape index (κ2) is 9.72. The van der Waals surface area contributed by atoms with Crippen LogP contribution in [0.25, 0.3) is 10.7 Å². The Hall–Kier alpha value is -3.89. The summed E-state index contributed by atoms with van der Waals surface area (Å²) in [4.78, 5) is 41.3. The van der Waals surface area contributed by atoms with Gasteiger partial charge in [-0.2, -0.15) is 0 Å². The maximum Gasteiger partial charge on any atom is 0.346 e. The van der Waals surface area contributed by atoms with E-state index in [1.165, 1.54) is 17.4 Å². The Kier molecular flexibility index (Phi) is 6.57. The van der Waals surface area contributed by atoms with Crippen molar-refractivity contribution < 1.29 is 14.2 Å². The number of aryl methyl sites for hydroxylation is 1. The standard InChI is InChI=1S/C23H21N3O6S/c1-15-8-11-20(33-15)26-22(28)24-21(27)25(23(26)29)16-9-10-18(19(14-16)31-13-12-30-2)32-17-6-4-3-5-7-17/h3-11,14H,12-13H2,1-2H3,(H,24,27,28). The number of aromatic amines is 1. The van der Waals surface area contributed by atoms with Gasteiger partial charge in [-0.25, -0.2) is 23.5 Å². The Labute approximate surface area is 192 Å². The predicted molar refractivity (Wildman–Crippen MR) is 125 cm³/mol. The zero-order valence-electron chi connectivity index (χ0n) is 17.9. The van der Waals surface area contributed by atoms with Crippen LogP contribution in [-0.4, -0.2) is 34.4 Å². The Morgan fingerprint density at radius 3 is 2.33 bits per heavy atom. The fraction of sp³-hybridized carbons (Fsp3) is 0.174. The highest BCUT2D eigenvalue weighted by molar-refractivity contribution is 7.14. The van der Waals surface area contributed by atoms with Gasteiger partial charge in [0.1, 0.15) is 17.4 Å². The van der Waals surface area contributed by atoms with Crippen LogP contribution in [0.3, 0.4) is 0 Å². The maximum absolute atomic E-state index is 13.2. The van der Waals surface area contributed by atoms with E-state index in [2.05, 4.69) is 4.98 Å². The van der Waals surface area contributed by atoms with Crippen LogP contribution in [0, 0.1) is 6.92 Å². The van der Waals surface area contributed by atoms with Crippen LogP contribution in [0.1, 0.15) is 4.88 Å². The number of nitrogens with zero attached hydrogens (tertiary/aromatic N) is 2. The summed E-state index contributed by atoms with van der Waals surface area (Å²) in [6.45, 7) is 2.42. The molecule has 0 bridgehead atoms. The number of thiophene rings is 1. The first-order valence-electron chi connectivity index (χ1n) is 10.0. The molecule has 0 amide bonds. The van der Waals surface area contributed by atoms with Gasteiger partial charge in [0.25, 0.3) is 0 Å². The van der Waals surface area contributed by atoms with Crippen molar-refractivity contribution in [3.63, 3.8) is 0 Å². The topological polar surface area (TPSA) is 105 Å². The van der Waals surface area contributed by atoms with Crippen molar-refractivity contribution in [2.45, 2.75) is 6.92 Å². The highest BCUT2D eigenvalue weighted by Gasteiger charge is 2.17. The van der Waals surface area contributed by atoms with Crippen LogP contribution in [0.4, 0.5) is 0 Å². The molecule has 0 saturated carbocycles. The molecule has 10 heteroatoms. The normalized spacial score (nSPS) is 10.8. The number of benzene rings is 2. The van der Waals surface area contributed by atoms with Crippen molar-refractivity contribution in [3.8, 4) is 27.9 Å². The fourth-order valence-corrected chi connectivity index (χ4v) is 3.98. The SMILES string of the molecule is COCCOc1cc(-n2c(=O)[nH]c(=O)n(-c3ccc(C)s3)c2=O)ccc1Oc1ccccc1. The van der Waals surface area contributed by atoms with Crippen LogP contribution < -0.4 is 26.5 Å². The summed E-state index contributed by atoms with van der Waals surface area (Å²) in [6, 6.07) is 17.2. The molecule has 0 aliphatic rings. The van der Waals surface area contributed by atoms with Crippen LogP contribution in [0.5, 0.6) is 17.2 Å². The number of nitrogens with one attached hydrogen (secondary N) is 1. The number of H-pyrrole nitrogens is 1. The molecule has 2 heterocycles. The summed E-state index contributed by atoms with van der Waals surface area (Å²) < 4.78 is 18.6. The smallest absolute Gasteiger partial charge is 0.346 e. The molecule has 170 valence electrons. The predicted octanol–water partition coefficient (Wildman–Crippen LogP) is 2.86. The highest BCUT2D eigenvalue weighted by Crippen LogP contribution is 2.33. The van der Waals surface area contributed by atoms with Gasteiger partial charge in [-0.3, -0.25) is 4.98 Å². The first kappa shape index (κ1) is 22.3. The van der Waals surface area contributed by atoms with E-state index in [-0.39, 0.29) is 12.3 Å². The number of methoxy groups -OCH3 is 1. The molecule has 2 aromatic heterocycles. The first-order valence-corrected chi connectivity index (χ1v) is 10.8. The van der Waals surface area contributed by atoms with E-state index in [9.17, 15) is 14.4 Å². The second-order valence-electron chi connectivity index (χ2n) is 6.96. The largest absolute Gasteiger partial charge is 0.487 e. The zero-order chi connectivity index (χ0) is 23.4. The molecule has 4 rings (SSSR count). The van der Waals surface area contributed by atoms with Gasteiger partial charge in [-0.1, -0.05) is 18.2 Å². The average Bonchev–Trinajstić information content (AvgIpc) is 3.21. The molecular weight excluding hydrogens is 446 g/mol. The molecule has 0 radical (unpaired) electrons. The first-order chi connectivity index (χ1) is 16.0. The van der Waals surface area contributed by atoms with Crippen molar-refractivity contribution in [2.24, 2.45) is 0 Å². The number of ether oxygens (including phenoxy) is 3. The number of aromatic nitrogens is 3.